The van der Waals surface area contributed by atoms with Crippen molar-refractivity contribution in [1.29, 1.82) is 0 Å². The summed E-state index contributed by atoms with van der Waals surface area (Å²) in [6.07, 6.45) is 4.27. The molecule has 2 rings (SSSR count). The van der Waals surface area contributed by atoms with Crippen molar-refractivity contribution in [2.24, 2.45) is 0 Å². The number of aliphatic carboxylic acids is 1. The molecule has 2 heteroatoms. The van der Waals surface area contributed by atoms with Gasteiger partial charge in [-0.25, -0.2) is 0 Å². The number of benzene rings is 1. The Bertz CT molecular complexity index is 512. The van der Waals surface area contributed by atoms with Crippen LogP contribution in [-0.2, 0) is 22.0 Å². The molecule has 2 nitrogen and oxygen atoms in total. The Morgan fingerprint density at radius 2 is 1.70 bits per heavy atom. The number of hydrogen-bond acceptors (Lipinski definition) is 1. The van der Waals surface area contributed by atoms with Gasteiger partial charge in [0, 0.05) is 6.42 Å². The Labute approximate surface area is 122 Å². The van der Waals surface area contributed by atoms with Gasteiger partial charge in [0.15, 0.2) is 0 Å². The molecule has 0 heterocycles. The molecule has 20 heavy (non-hydrogen) atoms. The summed E-state index contributed by atoms with van der Waals surface area (Å²) < 4.78 is 0. The SMILES string of the molecule is CC1(C)CCC(C)(C)c2cc(CCCC(=O)O)ccc21. The Kier molecular flexibility index (Phi) is 3.95. The van der Waals surface area contributed by atoms with E-state index in [9.17, 15) is 4.79 Å². The monoisotopic (exact) mass is 274 g/mol. The van der Waals surface area contributed by atoms with Crippen molar-refractivity contribution in [3.05, 3.63) is 34.9 Å². The average molecular weight is 274 g/mol. The van der Waals surface area contributed by atoms with E-state index >= 15 is 0 Å². The van der Waals surface area contributed by atoms with E-state index in [1.807, 2.05) is 0 Å². The number of rotatable bonds is 4. The number of aryl methyl sites for hydroxylation is 1. The minimum Gasteiger partial charge on any atom is -0.481 e. The second-order valence-electron chi connectivity index (χ2n) is 7.39. The first-order valence-electron chi connectivity index (χ1n) is 7.58. The van der Waals surface area contributed by atoms with Crippen LogP contribution in [0.25, 0.3) is 0 Å². The quantitative estimate of drug-likeness (QED) is 0.881. The number of carboxylic acids is 1. The lowest BCUT2D eigenvalue weighted by atomic mass is 9.63. The van der Waals surface area contributed by atoms with E-state index in [4.69, 9.17) is 5.11 Å². The highest BCUT2D eigenvalue weighted by atomic mass is 16.4. The topological polar surface area (TPSA) is 37.3 Å². The van der Waals surface area contributed by atoms with Gasteiger partial charge in [-0.15, -0.1) is 0 Å². The van der Waals surface area contributed by atoms with Crippen LogP contribution in [0.4, 0.5) is 0 Å². The molecule has 1 aliphatic carbocycles. The van der Waals surface area contributed by atoms with Crippen LogP contribution in [0.5, 0.6) is 0 Å². The summed E-state index contributed by atoms with van der Waals surface area (Å²) in [5, 5.41) is 8.74. The van der Waals surface area contributed by atoms with Gasteiger partial charge < -0.3 is 5.11 Å². The van der Waals surface area contributed by atoms with Gasteiger partial charge >= 0.3 is 5.97 Å². The van der Waals surface area contributed by atoms with Crippen molar-refractivity contribution in [2.75, 3.05) is 0 Å². The van der Waals surface area contributed by atoms with Crippen molar-refractivity contribution in [1.82, 2.24) is 0 Å². The third-order valence-electron chi connectivity index (χ3n) is 4.77. The van der Waals surface area contributed by atoms with Crippen LogP contribution >= 0.6 is 0 Å². The first-order valence-corrected chi connectivity index (χ1v) is 7.58. The lowest BCUT2D eigenvalue weighted by Gasteiger charge is -2.42. The molecular formula is C18H26O2. The zero-order valence-electron chi connectivity index (χ0n) is 13.1. The Morgan fingerprint density at radius 1 is 1.10 bits per heavy atom. The molecule has 0 bridgehead atoms. The predicted octanol–water partition coefficient (Wildman–Crippen LogP) is 4.44. The second kappa shape index (κ2) is 5.23. The largest absolute Gasteiger partial charge is 0.481 e. The lowest BCUT2D eigenvalue weighted by molar-refractivity contribution is -0.137. The summed E-state index contributed by atoms with van der Waals surface area (Å²) in [6, 6.07) is 6.77. The van der Waals surface area contributed by atoms with Gasteiger partial charge in [-0.3, -0.25) is 4.79 Å². The maximum absolute atomic E-state index is 10.6. The van der Waals surface area contributed by atoms with Crippen molar-refractivity contribution < 1.29 is 9.90 Å². The molecule has 0 radical (unpaired) electrons. The van der Waals surface area contributed by atoms with Crippen molar-refractivity contribution in [3.63, 3.8) is 0 Å². The molecule has 0 unspecified atom stereocenters. The molecule has 1 aliphatic rings. The number of hydrogen-bond donors (Lipinski definition) is 1. The second-order valence-corrected chi connectivity index (χ2v) is 7.39. The van der Waals surface area contributed by atoms with Crippen LogP contribution in [0.3, 0.4) is 0 Å². The van der Waals surface area contributed by atoms with E-state index in [0.29, 0.717) is 0 Å². The van der Waals surface area contributed by atoms with Crippen LogP contribution in [-0.4, -0.2) is 11.1 Å². The third-order valence-corrected chi connectivity index (χ3v) is 4.77. The summed E-state index contributed by atoms with van der Waals surface area (Å²) in [4.78, 5) is 10.6. The first kappa shape index (κ1) is 15.1. The summed E-state index contributed by atoms with van der Waals surface area (Å²) in [5.41, 5.74) is 4.69. The molecule has 1 aromatic rings. The highest BCUT2D eigenvalue weighted by Gasteiger charge is 2.36. The molecule has 0 atom stereocenters. The van der Waals surface area contributed by atoms with Gasteiger partial charge in [0.1, 0.15) is 0 Å². The lowest BCUT2D eigenvalue weighted by Crippen LogP contribution is -2.33. The zero-order chi connectivity index (χ0) is 15.0. The molecule has 0 aromatic heterocycles. The molecule has 1 N–H and O–H groups in total. The van der Waals surface area contributed by atoms with E-state index < -0.39 is 5.97 Å². The van der Waals surface area contributed by atoms with E-state index in [0.717, 1.165) is 12.8 Å². The summed E-state index contributed by atoms with van der Waals surface area (Å²) in [6.45, 7) is 9.29. The van der Waals surface area contributed by atoms with Crippen LogP contribution < -0.4 is 0 Å². The third kappa shape index (κ3) is 3.05. The van der Waals surface area contributed by atoms with Gasteiger partial charge in [0.25, 0.3) is 0 Å². The number of carboxylic acid groups (broad SMARTS) is 1. The Hall–Kier alpha value is -1.31. The summed E-state index contributed by atoms with van der Waals surface area (Å²) >= 11 is 0. The Morgan fingerprint density at radius 3 is 2.30 bits per heavy atom. The smallest absolute Gasteiger partial charge is 0.303 e. The van der Waals surface area contributed by atoms with Crippen molar-refractivity contribution in [3.8, 4) is 0 Å². The molecule has 0 amide bonds. The van der Waals surface area contributed by atoms with E-state index in [-0.39, 0.29) is 17.3 Å². The fourth-order valence-electron chi connectivity index (χ4n) is 3.24. The van der Waals surface area contributed by atoms with Gasteiger partial charge in [-0.2, -0.15) is 0 Å². The van der Waals surface area contributed by atoms with Crippen molar-refractivity contribution in [2.45, 2.75) is 70.6 Å². The molecule has 0 saturated carbocycles. The zero-order valence-corrected chi connectivity index (χ0v) is 13.1. The average Bonchev–Trinajstić information content (AvgIpc) is 2.35. The number of carbonyl (C=O) groups is 1. The maximum atomic E-state index is 10.6. The first-order chi connectivity index (χ1) is 9.22. The highest BCUT2D eigenvalue weighted by molar-refractivity contribution is 5.66. The maximum Gasteiger partial charge on any atom is 0.303 e. The van der Waals surface area contributed by atoms with Crippen LogP contribution in [0.2, 0.25) is 0 Å². The normalized spacial score (nSPS) is 19.4. The molecule has 1 aromatic carbocycles. The van der Waals surface area contributed by atoms with Crippen LogP contribution in [0.15, 0.2) is 18.2 Å². The predicted molar refractivity (Wildman–Crippen MR) is 82.3 cm³/mol. The fourth-order valence-corrected chi connectivity index (χ4v) is 3.24. The Balaban J connectivity index is 2.26. The standard InChI is InChI=1S/C18H26O2/c1-17(2)10-11-18(3,4)15-12-13(8-9-14(15)17)6-5-7-16(19)20/h8-9,12H,5-7,10-11H2,1-4H3,(H,19,20). The number of fused-ring (bicyclic) bond motifs is 1. The molecule has 110 valence electrons. The van der Waals surface area contributed by atoms with Crippen LogP contribution in [0, 0.1) is 0 Å². The van der Waals surface area contributed by atoms with E-state index in [1.165, 1.54) is 29.5 Å². The molecule has 0 fully saturated rings. The van der Waals surface area contributed by atoms with Crippen molar-refractivity contribution >= 4 is 5.97 Å². The highest BCUT2D eigenvalue weighted by Crippen LogP contribution is 2.45. The van der Waals surface area contributed by atoms with E-state index in [1.54, 1.807) is 0 Å². The summed E-state index contributed by atoms with van der Waals surface area (Å²) in [5.74, 6) is -0.704. The van der Waals surface area contributed by atoms with Gasteiger partial charge in [0.05, 0.1) is 0 Å². The minimum absolute atomic E-state index is 0.230. The van der Waals surface area contributed by atoms with Gasteiger partial charge in [-0.1, -0.05) is 45.9 Å². The van der Waals surface area contributed by atoms with Gasteiger partial charge in [0.2, 0.25) is 0 Å². The fraction of sp³-hybridized carbons (Fsp3) is 0.611. The minimum atomic E-state index is -0.704. The van der Waals surface area contributed by atoms with Crippen LogP contribution in [0.1, 0.15) is 70.1 Å². The summed E-state index contributed by atoms with van der Waals surface area (Å²) in [7, 11) is 0. The molecule has 0 saturated heterocycles. The van der Waals surface area contributed by atoms with Gasteiger partial charge in [-0.05, 0) is 53.2 Å². The van der Waals surface area contributed by atoms with E-state index in [2.05, 4.69) is 45.9 Å². The molecular weight excluding hydrogens is 248 g/mol. The molecule has 0 spiro atoms. The molecule has 0 aliphatic heterocycles.